The van der Waals surface area contributed by atoms with Crippen LogP contribution >= 0.6 is 0 Å². The molecule has 0 aromatic heterocycles. The first-order chi connectivity index (χ1) is 19.2. The van der Waals surface area contributed by atoms with Gasteiger partial charge in [-0.1, -0.05) is 97.1 Å². The highest BCUT2D eigenvalue weighted by atomic mass is 16.7. The topological polar surface area (TPSA) is 72.5 Å². The lowest BCUT2D eigenvalue weighted by Crippen LogP contribution is -2.62. The molecule has 3 aromatic rings. The van der Waals surface area contributed by atoms with Gasteiger partial charge < -0.3 is 28.4 Å². The van der Waals surface area contributed by atoms with Crippen molar-refractivity contribution < 1.29 is 33.2 Å². The van der Waals surface area contributed by atoms with Crippen LogP contribution in [0, 0.1) is 0 Å². The molecule has 1 heterocycles. The molecule has 7 heteroatoms. The molecule has 0 N–H and O–H groups in total. The molecule has 5 atom stereocenters. The third-order valence-electron chi connectivity index (χ3n) is 6.34. The third-order valence-corrected chi connectivity index (χ3v) is 6.34. The number of carbonyl (C=O) groups is 1. The van der Waals surface area contributed by atoms with Crippen LogP contribution in [0.25, 0.3) is 0 Å². The SMILES string of the molecule is C/C=C/C(=O)O[C@H]1[C@@H](OCc2ccccc2)[C@@H](COCc2ccccc2)O[C@H](OC)[C@@H]1OCc1ccccc1. The molecule has 0 radical (unpaired) electrons. The minimum Gasteiger partial charge on any atom is -0.453 e. The first kappa shape index (κ1) is 28.7. The number of hydrogen-bond donors (Lipinski definition) is 0. The number of ether oxygens (including phenoxy) is 6. The fourth-order valence-corrected chi connectivity index (χ4v) is 4.42. The zero-order chi connectivity index (χ0) is 27.3. The summed E-state index contributed by atoms with van der Waals surface area (Å²) in [5.41, 5.74) is 3.00. The zero-order valence-electron chi connectivity index (χ0n) is 22.4. The van der Waals surface area contributed by atoms with E-state index in [0.717, 1.165) is 16.7 Å². The largest absolute Gasteiger partial charge is 0.453 e. The Morgan fingerprint density at radius 3 is 1.77 bits per heavy atom. The van der Waals surface area contributed by atoms with Gasteiger partial charge in [0.2, 0.25) is 0 Å². The molecule has 1 aliphatic rings. The Kier molecular flexibility index (Phi) is 11.3. The first-order valence-electron chi connectivity index (χ1n) is 13.1. The van der Waals surface area contributed by atoms with Crippen molar-refractivity contribution in [2.24, 2.45) is 0 Å². The maximum atomic E-state index is 12.7. The normalized spacial score (nSPS) is 23.1. The molecule has 0 amide bonds. The van der Waals surface area contributed by atoms with Gasteiger partial charge in [0.25, 0.3) is 0 Å². The smallest absolute Gasteiger partial charge is 0.330 e. The van der Waals surface area contributed by atoms with Gasteiger partial charge in [-0.15, -0.1) is 0 Å². The number of hydrogen-bond acceptors (Lipinski definition) is 7. The molecule has 1 aliphatic heterocycles. The van der Waals surface area contributed by atoms with Crippen LogP contribution < -0.4 is 0 Å². The van der Waals surface area contributed by atoms with E-state index in [9.17, 15) is 4.79 Å². The van der Waals surface area contributed by atoms with Gasteiger partial charge in [-0.05, 0) is 23.6 Å². The second kappa shape index (κ2) is 15.3. The lowest BCUT2D eigenvalue weighted by atomic mass is 9.98. The summed E-state index contributed by atoms with van der Waals surface area (Å²) in [5, 5.41) is 0. The van der Waals surface area contributed by atoms with Crippen molar-refractivity contribution in [2.75, 3.05) is 13.7 Å². The van der Waals surface area contributed by atoms with Crippen molar-refractivity contribution in [1.82, 2.24) is 0 Å². The number of esters is 1. The number of benzene rings is 3. The van der Waals surface area contributed by atoms with Crippen LogP contribution in [0.2, 0.25) is 0 Å². The molecule has 0 bridgehead atoms. The van der Waals surface area contributed by atoms with E-state index in [1.54, 1.807) is 20.1 Å². The fraction of sp³-hybridized carbons (Fsp3) is 0.344. The number of rotatable bonds is 13. The maximum Gasteiger partial charge on any atom is 0.330 e. The average Bonchev–Trinajstić information content (AvgIpc) is 2.97. The van der Waals surface area contributed by atoms with Gasteiger partial charge >= 0.3 is 5.97 Å². The summed E-state index contributed by atoms with van der Waals surface area (Å²) in [4.78, 5) is 12.7. The lowest BCUT2D eigenvalue weighted by molar-refractivity contribution is -0.316. The summed E-state index contributed by atoms with van der Waals surface area (Å²) < 4.78 is 36.8. The quantitative estimate of drug-likeness (QED) is 0.220. The third kappa shape index (κ3) is 8.58. The molecule has 1 saturated heterocycles. The van der Waals surface area contributed by atoms with Crippen LogP contribution in [-0.4, -0.2) is 50.4 Å². The van der Waals surface area contributed by atoms with Gasteiger partial charge in [-0.3, -0.25) is 0 Å². The minimum atomic E-state index is -0.815. The molecular formula is C32H36O7. The van der Waals surface area contributed by atoms with Gasteiger partial charge in [0, 0.05) is 13.2 Å². The van der Waals surface area contributed by atoms with Gasteiger partial charge in [0.05, 0.1) is 26.4 Å². The Morgan fingerprint density at radius 1 is 0.744 bits per heavy atom. The summed E-state index contributed by atoms with van der Waals surface area (Å²) >= 11 is 0. The van der Waals surface area contributed by atoms with Gasteiger partial charge in [-0.2, -0.15) is 0 Å². The van der Waals surface area contributed by atoms with Crippen LogP contribution in [0.3, 0.4) is 0 Å². The van der Waals surface area contributed by atoms with Gasteiger partial charge in [0.1, 0.15) is 18.3 Å². The average molecular weight is 533 g/mol. The Hall–Kier alpha value is -3.33. The number of allylic oxidation sites excluding steroid dienone is 1. The van der Waals surface area contributed by atoms with E-state index in [4.69, 9.17) is 28.4 Å². The summed E-state index contributed by atoms with van der Waals surface area (Å²) in [5.74, 6) is -0.496. The zero-order valence-corrected chi connectivity index (χ0v) is 22.4. The van der Waals surface area contributed by atoms with Crippen molar-refractivity contribution in [3.05, 3.63) is 120 Å². The van der Waals surface area contributed by atoms with Crippen molar-refractivity contribution in [3.63, 3.8) is 0 Å². The predicted octanol–water partition coefficient (Wildman–Crippen LogP) is 5.23. The molecule has 39 heavy (non-hydrogen) atoms. The summed E-state index contributed by atoms with van der Waals surface area (Å²) in [6.45, 7) is 2.95. The molecular weight excluding hydrogens is 496 g/mol. The highest BCUT2D eigenvalue weighted by Gasteiger charge is 2.50. The number of carbonyl (C=O) groups excluding carboxylic acids is 1. The second-order valence-electron chi connectivity index (χ2n) is 9.20. The lowest BCUT2D eigenvalue weighted by Gasteiger charge is -2.45. The van der Waals surface area contributed by atoms with Crippen molar-refractivity contribution in [3.8, 4) is 0 Å². The predicted molar refractivity (Wildman–Crippen MR) is 146 cm³/mol. The Labute approximate surface area is 230 Å². The van der Waals surface area contributed by atoms with Crippen LogP contribution in [0.4, 0.5) is 0 Å². The van der Waals surface area contributed by atoms with E-state index < -0.39 is 36.7 Å². The second-order valence-corrected chi connectivity index (χ2v) is 9.20. The Balaban J connectivity index is 1.57. The van der Waals surface area contributed by atoms with Gasteiger partial charge in [0.15, 0.2) is 12.4 Å². The monoisotopic (exact) mass is 532 g/mol. The van der Waals surface area contributed by atoms with Crippen molar-refractivity contribution in [1.29, 1.82) is 0 Å². The number of methoxy groups -OCH3 is 1. The van der Waals surface area contributed by atoms with E-state index >= 15 is 0 Å². The van der Waals surface area contributed by atoms with E-state index in [0.29, 0.717) is 13.2 Å². The van der Waals surface area contributed by atoms with Crippen LogP contribution in [-0.2, 0) is 53.0 Å². The highest BCUT2D eigenvalue weighted by molar-refractivity contribution is 5.82. The van der Waals surface area contributed by atoms with Crippen molar-refractivity contribution in [2.45, 2.75) is 57.5 Å². The van der Waals surface area contributed by atoms with E-state index in [1.165, 1.54) is 6.08 Å². The van der Waals surface area contributed by atoms with Crippen LogP contribution in [0.5, 0.6) is 0 Å². The first-order valence-corrected chi connectivity index (χ1v) is 13.1. The highest BCUT2D eigenvalue weighted by Crippen LogP contribution is 2.31. The molecule has 0 spiro atoms. The standard InChI is InChI=1S/C32H36O7/c1-3-13-28(33)39-30-29(36-21-25-16-9-5-10-17-25)27(23-35-20-24-14-7-4-8-15-24)38-32(34-2)31(30)37-22-26-18-11-6-12-19-26/h3-19,27,29-32H,20-23H2,1-2H3/b13-3+/t27-,29+,30+,31-,32+/m1/s1. The minimum absolute atomic E-state index is 0.206. The molecule has 0 aliphatic carbocycles. The molecule has 3 aromatic carbocycles. The molecule has 206 valence electrons. The summed E-state index contributed by atoms with van der Waals surface area (Å²) in [6, 6.07) is 29.5. The molecule has 7 nitrogen and oxygen atoms in total. The summed E-state index contributed by atoms with van der Waals surface area (Å²) in [6.07, 6.45) is -0.611. The Morgan fingerprint density at radius 2 is 1.26 bits per heavy atom. The van der Waals surface area contributed by atoms with Crippen molar-refractivity contribution >= 4 is 5.97 Å². The van der Waals surface area contributed by atoms with Gasteiger partial charge in [-0.25, -0.2) is 4.79 Å². The fourth-order valence-electron chi connectivity index (χ4n) is 4.42. The van der Waals surface area contributed by atoms with E-state index in [1.807, 2.05) is 91.0 Å². The van der Waals surface area contributed by atoms with Crippen LogP contribution in [0.1, 0.15) is 23.6 Å². The van der Waals surface area contributed by atoms with Crippen LogP contribution in [0.15, 0.2) is 103 Å². The maximum absolute atomic E-state index is 12.7. The van der Waals surface area contributed by atoms with E-state index in [-0.39, 0.29) is 13.2 Å². The van der Waals surface area contributed by atoms with E-state index in [2.05, 4.69) is 0 Å². The molecule has 4 rings (SSSR count). The Bertz CT molecular complexity index is 1140. The summed E-state index contributed by atoms with van der Waals surface area (Å²) in [7, 11) is 1.54. The molecule has 0 saturated carbocycles. The molecule has 1 fully saturated rings. The molecule has 0 unspecified atom stereocenters.